The van der Waals surface area contributed by atoms with Crippen LogP contribution in [0.1, 0.15) is 5.56 Å². The first-order valence-electron chi connectivity index (χ1n) is 9.81. The standard InChI is InChI=1S/C21H18Cl2N6O3/c22-15-1-6-19(20(23)9-15)21(12-28-8-7-24-13-28)31-11-18(32-21)10-30-17-4-2-16(3-5-17)29-14-25-26-27-29/h1-9,13-14,18H,10-12H2/t18-,21-/m1/s1. The maximum absolute atomic E-state index is 6.50. The normalized spacial score (nSPS) is 20.5. The van der Waals surface area contributed by atoms with Gasteiger partial charge in [-0.05, 0) is 46.8 Å². The molecule has 0 N–H and O–H groups in total. The molecular weight excluding hydrogens is 455 g/mol. The van der Waals surface area contributed by atoms with E-state index in [1.54, 1.807) is 29.3 Å². The predicted molar refractivity (Wildman–Crippen MR) is 116 cm³/mol. The average molecular weight is 473 g/mol. The molecular formula is C21H18Cl2N6O3. The number of imidazole rings is 1. The van der Waals surface area contributed by atoms with Crippen LogP contribution < -0.4 is 4.74 Å². The van der Waals surface area contributed by atoms with Crippen molar-refractivity contribution in [2.75, 3.05) is 13.2 Å². The van der Waals surface area contributed by atoms with Crippen LogP contribution in [0.3, 0.4) is 0 Å². The van der Waals surface area contributed by atoms with Crippen LogP contribution in [0.2, 0.25) is 10.0 Å². The first-order chi connectivity index (χ1) is 15.6. The highest BCUT2D eigenvalue weighted by Gasteiger charge is 2.45. The summed E-state index contributed by atoms with van der Waals surface area (Å²) in [7, 11) is 0. The van der Waals surface area contributed by atoms with Crippen LogP contribution in [-0.2, 0) is 21.8 Å². The Hall–Kier alpha value is -2.98. The van der Waals surface area contributed by atoms with Gasteiger partial charge in [0.1, 0.15) is 24.8 Å². The zero-order chi connectivity index (χ0) is 22.0. The van der Waals surface area contributed by atoms with Gasteiger partial charge in [0.05, 0.1) is 30.2 Å². The van der Waals surface area contributed by atoms with E-state index in [2.05, 4.69) is 20.5 Å². The Morgan fingerprint density at radius 1 is 1.12 bits per heavy atom. The van der Waals surface area contributed by atoms with E-state index in [0.29, 0.717) is 41.1 Å². The van der Waals surface area contributed by atoms with Crippen LogP contribution in [0.15, 0.2) is 67.5 Å². The van der Waals surface area contributed by atoms with Gasteiger partial charge in [0.2, 0.25) is 5.79 Å². The molecule has 1 fully saturated rings. The summed E-state index contributed by atoms with van der Waals surface area (Å²) in [6.45, 7) is 1.03. The highest BCUT2D eigenvalue weighted by molar-refractivity contribution is 6.35. The average Bonchev–Trinajstić information content (AvgIpc) is 3.56. The minimum atomic E-state index is -1.08. The van der Waals surface area contributed by atoms with E-state index in [4.69, 9.17) is 37.4 Å². The highest BCUT2D eigenvalue weighted by atomic mass is 35.5. The lowest BCUT2D eigenvalue weighted by atomic mass is 10.1. The maximum atomic E-state index is 6.50. The molecule has 0 aliphatic carbocycles. The number of nitrogens with zero attached hydrogens (tertiary/aromatic N) is 6. The Morgan fingerprint density at radius 3 is 2.72 bits per heavy atom. The molecule has 1 aliphatic heterocycles. The number of hydrogen-bond donors (Lipinski definition) is 0. The van der Waals surface area contributed by atoms with Gasteiger partial charge in [0, 0.05) is 23.0 Å². The summed E-state index contributed by atoms with van der Waals surface area (Å²) < 4.78 is 22.0. The van der Waals surface area contributed by atoms with E-state index < -0.39 is 5.79 Å². The van der Waals surface area contributed by atoms with Gasteiger partial charge in [-0.15, -0.1) is 5.10 Å². The summed E-state index contributed by atoms with van der Waals surface area (Å²) >= 11 is 12.6. The fraction of sp³-hybridized carbons (Fsp3) is 0.238. The number of hydrogen-bond acceptors (Lipinski definition) is 7. The lowest BCUT2D eigenvalue weighted by Crippen LogP contribution is -2.34. The smallest absolute Gasteiger partial charge is 0.215 e. The Morgan fingerprint density at radius 2 is 2.00 bits per heavy atom. The van der Waals surface area contributed by atoms with Gasteiger partial charge in [-0.3, -0.25) is 0 Å². The minimum absolute atomic E-state index is 0.301. The molecule has 0 radical (unpaired) electrons. The summed E-state index contributed by atoms with van der Waals surface area (Å²) in [5, 5.41) is 12.1. The van der Waals surface area contributed by atoms with Gasteiger partial charge in [0.15, 0.2) is 0 Å². The van der Waals surface area contributed by atoms with Gasteiger partial charge in [-0.2, -0.15) is 0 Å². The first-order valence-corrected chi connectivity index (χ1v) is 10.6. The van der Waals surface area contributed by atoms with Gasteiger partial charge in [-0.1, -0.05) is 29.3 Å². The molecule has 32 heavy (non-hydrogen) atoms. The van der Waals surface area contributed by atoms with Crippen molar-refractivity contribution in [2.24, 2.45) is 0 Å². The summed E-state index contributed by atoms with van der Waals surface area (Å²) in [5.74, 6) is -0.387. The van der Waals surface area contributed by atoms with Gasteiger partial charge in [0.25, 0.3) is 0 Å². The number of ether oxygens (including phenoxy) is 3. The summed E-state index contributed by atoms with van der Waals surface area (Å²) in [6, 6.07) is 12.7. The molecule has 9 nitrogen and oxygen atoms in total. The molecule has 0 unspecified atom stereocenters. The zero-order valence-electron chi connectivity index (χ0n) is 16.7. The van der Waals surface area contributed by atoms with E-state index in [1.807, 2.05) is 41.1 Å². The van der Waals surface area contributed by atoms with Crippen molar-refractivity contribution in [3.63, 3.8) is 0 Å². The lowest BCUT2D eigenvalue weighted by Gasteiger charge is -2.30. The topological polar surface area (TPSA) is 89.1 Å². The van der Waals surface area contributed by atoms with E-state index in [1.165, 1.54) is 6.33 Å². The Balaban J connectivity index is 1.30. The lowest BCUT2D eigenvalue weighted by molar-refractivity contribution is -0.189. The Kier molecular flexibility index (Phi) is 5.79. The Bertz CT molecular complexity index is 1170. The molecule has 0 saturated carbocycles. The quantitative estimate of drug-likeness (QED) is 0.406. The summed E-state index contributed by atoms with van der Waals surface area (Å²) in [6.07, 6.45) is 6.47. The largest absolute Gasteiger partial charge is 0.491 e. The van der Waals surface area contributed by atoms with Crippen molar-refractivity contribution < 1.29 is 14.2 Å². The molecule has 5 rings (SSSR count). The number of benzene rings is 2. The fourth-order valence-corrected chi connectivity index (χ4v) is 4.09. The summed E-state index contributed by atoms with van der Waals surface area (Å²) in [4.78, 5) is 4.11. The third kappa shape index (κ3) is 4.33. The van der Waals surface area contributed by atoms with Gasteiger partial charge in [-0.25, -0.2) is 9.67 Å². The molecule has 2 aromatic carbocycles. The van der Waals surface area contributed by atoms with E-state index in [9.17, 15) is 0 Å². The monoisotopic (exact) mass is 472 g/mol. The van der Waals surface area contributed by atoms with Crippen molar-refractivity contribution in [3.05, 3.63) is 83.1 Å². The van der Waals surface area contributed by atoms with Gasteiger partial charge < -0.3 is 18.8 Å². The van der Waals surface area contributed by atoms with Crippen molar-refractivity contribution in [2.45, 2.75) is 18.4 Å². The number of rotatable bonds is 7. The molecule has 1 saturated heterocycles. The third-order valence-corrected chi connectivity index (χ3v) is 5.58. The molecule has 11 heteroatoms. The Labute approximate surface area is 193 Å². The molecule has 0 amide bonds. The second-order valence-corrected chi connectivity index (χ2v) is 8.07. The molecule has 1 aliphatic rings. The minimum Gasteiger partial charge on any atom is -0.491 e. The van der Waals surface area contributed by atoms with E-state index in [-0.39, 0.29) is 6.10 Å². The number of aromatic nitrogens is 6. The SMILES string of the molecule is Clc1ccc([C@]2(Cn3ccnc3)OC[C@@H](COc3ccc(-n4cnnn4)cc3)O2)c(Cl)c1. The second-order valence-electron chi connectivity index (χ2n) is 7.22. The van der Waals surface area contributed by atoms with Crippen LogP contribution in [0.5, 0.6) is 5.75 Å². The van der Waals surface area contributed by atoms with Crippen molar-refractivity contribution in [1.29, 1.82) is 0 Å². The van der Waals surface area contributed by atoms with E-state index >= 15 is 0 Å². The molecule has 2 atom stereocenters. The van der Waals surface area contributed by atoms with Crippen LogP contribution in [0.25, 0.3) is 5.69 Å². The molecule has 0 spiro atoms. The number of halogens is 2. The van der Waals surface area contributed by atoms with Gasteiger partial charge >= 0.3 is 0 Å². The second kappa shape index (κ2) is 8.87. The third-order valence-electron chi connectivity index (χ3n) is 5.04. The zero-order valence-corrected chi connectivity index (χ0v) is 18.2. The van der Waals surface area contributed by atoms with Crippen LogP contribution >= 0.6 is 23.2 Å². The number of tetrazole rings is 1. The van der Waals surface area contributed by atoms with Crippen molar-refractivity contribution in [1.82, 2.24) is 29.8 Å². The van der Waals surface area contributed by atoms with E-state index in [0.717, 1.165) is 5.69 Å². The molecule has 4 aromatic rings. The highest BCUT2D eigenvalue weighted by Crippen LogP contribution is 2.40. The first kappa shape index (κ1) is 20.9. The molecule has 164 valence electrons. The van der Waals surface area contributed by atoms with Crippen molar-refractivity contribution >= 4 is 23.2 Å². The molecule has 0 bridgehead atoms. The van der Waals surface area contributed by atoms with Crippen LogP contribution in [0, 0.1) is 0 Å². The summed E-state index contributed by atoms with van der Waals surface area (Å²) in [5.41, 5.74) is 1.53. The van der Waals surface area contributed by atoms with Crippen molar-refractivity contribution in [3.8, 4) is 11.4 Å². The molecule has 2 aromatic heterocycles. The maximum Gasteiger partial charge on any atom is 0.215 e. The fourth-order valence-electron chi connectivity index (χ4n) is 3.54. The van der Waals surface area contributed by atoms with Crippen LogP contribution in [0.4, 0.5) is 0 Å². The predicted octanol–water partition coefficient (Wildman–Crippen LogP) is 3.51. The molecule has 3 heterocycles. The van der Waals surface area contributed by atoms with Crippen LogP contribution in [-0.4, -0.2) is 49.1 Å².